The van der Waals surface area contributed by atoms with Crippen molar-refractivity contribution in [3.63, 3.8) is 0 Å². The van der Waals surface area contributed by atoms with Gasteiger partial charge < -0.3 is 10.1 Å². The number of carbonyl (C=O) groups excluding carboxylic acids is 1. The molecule has 2 unspecified atom stereocenters. The van der Waals surface area contributed by atoms with Crippen molar-refractivity contribution < 1.29 is 19.4 Å². The van der Waals surface area contributed by atoms with Crippen LogP contribution in [0, 0.1) is 26.1 Å². The Morgan fingerprint density at radius 1 is 1.14 bits per heavy atom. The minimum absolute atomic E-state index is 0.298. The number of anilines is 1. The first-order valence-electron chi connectivity index (χ1n) is 6.26. The summed E-state index contributed by atoms with van der Waals surface area (Å²) in [4.78, 5) is 32.8. The Morgan fingerprint density at radius 3 is 2.55 bits per heavy atom. The molecule has 22 heavy (non-hydrogen) atoms. The summed E-state index contributed by atoms with van der Waals surface area (Å²) < 4.78 is 5.58. The first kappa shape index (κ1) is 13.7. The van der Waals surface area contributed by atoms with Crippen LogP contribution in [0.3, 0.4) is 0 Å². The van der Waals surface area contributed by atoms with Crippen LogP contribution in [0.4, 0.5) is 5.69 Å². The number of allylic oxidation sites excluding steroid dienone is 1. The van der Waals surface area contributed by atoms with Crippen molar-refractivity contribution in [2.75, 3.05) is 5.32 Å². The molecule has 1 aromatic carbocycles. The molecule has 112 valence electrons. The Balaban J connectivity index is 2.11. The fraction of sp³-hybridized carbons (Fsp3) is 0.154. The van der Waals surface area contributed by atoms with E-state index in [-0.39, 0.29) is 0 Å². The van der Waals surface area contributed by atoms with Crippen LogP contribution >= 0.6 is 0 Å². The van der Waals surface area contributed by atoms with Gasteiger partial charge in [0.2, 0.25) is 5.91 Å². The lowest BCUT2D eigenvalue weighted by molar-refractivity contribution is -0.442. The Bertz CT molecular complexity index is 754. The van der Waals surface area contributed by atoms with Crippen LogP contribution in [-0.2, 0) is 4.79 Å². The van der Waals surface area contributed by atoms with Gasteiger partial charge in [0.05, 0.1) is 21.6 Å². The summed E-state index contributed by atoms with van der Waals surface area (Å²) in [6, 6.07) is 6.48. The van der Waals surface area contributed by atoms with Crippen LogP contribution in [0.15, 0.2) is 47.8 Å². The molecule has 9 heteroatoms. The van der Waals surface area contributed by atoms with Crippen molar-refractivity contribution in [3.8, 4) is 5.75 Å². The molecule has 2 aliphatic rings. The van der Waals surface area contributed by atoms with Crippen LogP contribution in [0.25, 0.3) is 0 Å². The molecule has 1 aromatic rings. The minimum atomic E-state index is -1.26. The van der Waals surface area contributed by atoms with E-state index in [0.29, 0.717) is 11.4 Å². The highest BCUT2D eigenvalue weighted by Crippen LogP contribution is 2.36. The third-order valence-corrected chi connectivity index (χ3v) is 3.39. The van der Waals surface area contributed by atoms with Crippen LogP contribution < -0.4 is 10.1 Å². The molecule has 0 aromatic heterocycles. The van der Waals surface area contributed by atoms with E-state index in [0.717, 1.165) is 12.2 Å². The van der Waals surface area contributed by atoms with Crippen LogP contribution in [0.1, 0.15) is 0 Å². The van der Waals surface area contributed by atoms with E-state index in [9.17, 15) is 25.0 Å². The van der Waals surface area contributed by atoms with Gasteiger partial charge in [0.1, 0.15) is 11.9 Å². The summed E-state index contributed by atoms with van der Waals surface area (Å²) in [7, 11) is 0. The number of ether oxygens (including phenoxy) is 1. The number of nitrogens with zero attached hydrogens (tertiary/aromatic N) is 2. The van der Waals surface area contributed by atoms with Gasteiger partial charge in [0.15, 0.2) is 5.92 Å². The smallest absolute Gasteiger partial charge is 0.275 e. The molecular weight excluding hydrogens is 294 g/mol. The summed E-state index contributed by atoms with van der Waals surface area (Å²) in [6.45, 7) is 0. The summed E-state index contributed by atoms with van der Waals surface area (Å²) in [5, 5.41) is 24.6. The highest BCUT2D eigenvalue weighted by Gasteiger charge is 2.46. The quantitative estimate of drug-likeness (QED) is 0.649. The van der Waals surface area contributed by atoms with Gasteiger partial charge in [0, 0.05) is 6.08 Å². The van der Waals surface area contributed by atoms with Crippen LogP contribution in [-0.4, -0.2) is 21.9 Å². The minimum Gasteiger partial charge on any atom is -0.482 e. The van der Waals surface area contributed by atoms with Gasteiger partial charge in [-0.25, -0.2) is 0 Å². The van der Waals surface area contributed by atoms with Crippen molar-refractivity contribution >= 4 is 11.6 Å². The SMILES string of the molecule is O=C1Nc2ccccc2OC2C=C([N+](=O)[O-])C=C([N+](=O)[O-])C12. The lowest BCUT2D eigenvalue weighted by Crippen LogP contribution is -2.39. The van der Waals surface area contributed by atoms with E-state index >= 15 is 0 Å². The van der Waals surface area contributed by atoms with Gasteiger partial charge in [-0.15, -0.1) is 0 Å². The Kier molecular flexibility index (Phi) is 3.09. The summed E-state index contributed by atoms with van der Waals surface area (Å²) in [5.74, 6) is -1.60. The zero-order chi connectivity index (χ0) is 15.9. The van der Waals surface area contributed by atoms with Crippen molar-refractivity contribution in [1.82, 2.24) is 0 Å². The van der Waals surface area contributed by atoms with E-state index in [1.54, 1.807) is 24.3 Å². The maximum absolute atomic E-state index is 12.3. The predicted octanol–water partition coefficient (Wildman–Crippen LogP) is 1.34. The van der Waals surface area contributed by atoms with Gasteiger partial charge >= 0.3 is 0 Å². The van der Waals surface area contributed by atoms with E-state index < -0.39 is 39.2 Å². The third-order valence-electron chi connectivity index (χ3n) is 3.39. The largest absolute Gasteiger partial charge is 0.482 e. The molecule has 0 saturated carbocycles. The highest BCUT2D eigenvalue weighted by molar-refractivity contribution is 5.97. The number of benzene rings is 1. The third kappa shape index (κ3) is 2.18. The second kappa shape index (κ2) is 4.95. The Morgan fingerprint density at radius 2 is 1.86 bits per heavy atom. The number of fused-ring (bicyclic) bond motifs is 2. The number of para-hydroxylation sites is 2. The standard InChI is InChI=1S/C13H9N3O6/c17-13-12-9(16(20)21)5-7(15(18)19)6-11(12)22-10-4-2-1-3-8(10)14-13/h1-6,11-12H,(H,14,17). The topological polar surface area (TPSA) is 125 Å². The zero-order valence-electron chi connectivity index (χ0n) is 11.0. The van der Waals surface area contributed by atoms with Crippen LogP contribution in [0.5, 0.6) is 5.75 Å². The fourth-order valence-corrected chi connectivity index (χ4v) is 2.42. The average molecular weight is 303 g/mol. The molecule has 0 radical (unpaired) electrons. The number of hydrogen-bond donors (Lipinski definition) is 1. The number of nitro groups is 2. The molecule has 2 atom stereocenters. The number of carbonyl (C=O) groups is 1. The molecule has 1 heterocycles. The van der Waals surface area contributed by atoms with Gasteiger partial charge in [-0.3, -0.25) is 25.0 Å². The van der Waals surface area contributed by atoms with Crippen molar-refractivity contribution in [1.29, 1.82) is 0 Å². The highest BCUT2D eigenvalue weighted by atomic mass is 16.6. The molecular formula is C13H9N3O6. The van der Waals surface area contributed by atoms with E-state index in [1.165, 1.54) is 0 Å². The molecule has 1 N–H and O–H groups in total. The maximum Gasteiger partial charge on any atom is 0.275 e. The first-order valence-corrected chi connectivity index (χ1v) is 6.26. The van der Waals surface area contributed by atoms with Gasteiger partial charge in [0.25, 0.3) is 11.4 Å². The lowest BCUT2D eigenvalue weighted by atomic mass is 9.92. The zero-order valence-corrected chi connectivity index (χ0v) is 11.0. The number of nitrogens with one attached hydrogen (secondary N) is 1. The monoisotopic (exact) mass is 303 g/mol. The molecule has 1 aliphatic heterocycles. The first-order chi connectivity index (χ1) is 10.5. The molecule has 1 amide bonds. The Labute approximate surface area is 123 Å². The normalized spacial score (nSPS) is 22.8. The van der Waals surface area contributed by atoms with Gasteiger partial charge in [-0.05, 0) is 12.1 Å². The molecule has 9 nitrogen and oxygen atoms in total. The Hall–Kier alpha value is -3.23. The second-order valence-electron chi connectivity index (χ2n) is 4.72. The lowest BCUT2D eigenvalue weighted by Gasteiger charge is -2.21. The van der Waals surface area contributed by atoms with Crippen molar-refractivity contribution in [2.45, 2.75) is 6.10 Å². The molecule has 0 spiro atoms. The summed E-state index contributed by atoms with van der Waals surface area (Å²) in [5.41, 5.74) is -0.676. The molecule has 1 aliphatic carbocycles. The summed E-state index contributed by atoms with van der Waals surface area (Å²) in [6.07, 6.45) is 0.786. The van der Waals surface area contributed by atoms with Gasteiger partial charge in [-0.2, -0.15) is 0 Å². The van der Waals surface area contributed by atoms with E-state index in [2.05, 4.69) is 5.32 Å². The molecule has 0 saturated heterocycles. The van der Waals surface area contributed by atoms with E-state index in [4.69, 9.17) is 4.74 Å². The van der Waals surface area contributed by atoms with Gasteiger partial charge in [-0.1, -0.05) is 12.1 Å². The second-order valence-corrected chi connectivity index (χ2v) is 4.72. The molecule has 0 bridgehead atoms. The number of hydrogen-bond acceptors (Lipinski definition) is 6. The fourth-order valence-electron chi connectivity index (χ4n) is 2.42. The molecule has 0 fully saturated rings. The average Bonchev–Trinajstić information content (AvgIpc) is 2.61. The molecule has 3 rings (SSSR count). The van der Waals surface area contributed by atoms with E-state index in [1.807, 2.05) is 0 Å². The summed E-state index contributed by atoms with van der Waals surface area (Å²) >= 11 is 0. The van der Waals surface area contributed by atoms with Crippen molar-refractivity contribution in [3.05, 3.63) is 68.0 Å². The predicted molar refractivity (Wildman–Crippen MR) is 73.1 cm³/mol. The maximum atomic E-state index is 12.3. The van der Waals surface area contributed by atoms with Crippen molar-refractivity contribution in [2.24, 2.45) is 5.92 Å². The number of rotatable bonds is 2. The van der Waals surface area contributed by atoms with Crippen LogP contribution in [0.2, 0.25) is 0 Å². The number of amides is 1.